The molecular formula is C21H24N2O4S2. The number of carbonyl (C=O) groups excluding carboxylic acids is 1. The van der Waals surface area contributed by atoms with E-state index in [1.165, 1.54) is 21.9 Å². The number of carbonyl (C=O) groups is 1. The summed E-state index contributed by atoms with van der Waals surface area (Å²) in [5.41, 5.74) is 2.60. The number of rotatable bonds is 8. The maximum Gasteiger partial charge on any atom is 0.261 e. The van der Waals surface area contributed by atoms with Crippen molar-refractivity contribution in [2.75, 3.05) is 30.8 Å². The van der Waals surface area contributed by atoms with Crippen molar-refractivity contribution in [2.24, 2.45) is 0 Å². The number of anilines is 1. The summed E-state index contributed by atoms with van der Waals surface area (Å²) in [5.74, 6) is -0.163. The minimum atomic E-state index is -3.48. The van der Waals surface area contributed by atoms with Crippen molar-refractivity contribution in [3.05, 3.63) is 64.5 Å². The summed E-state index contributed by atoms with van der Waals surface area (Å²) in [6.07, 6.45) is 1.20. The molecular weight excluding hydrogens is 408 g/mol. The maximum atomic E-state index is 12.5. The number of methoxy groups -OCH3 is 1. The van der Waals surface area contributed by atoms with Crippen LogP contribution in [0.3, 0.4) is 0 Å². The molecule has 0 aliphatic heterocycles. The average molecular weight is 433 g/mol. The molecule has 1 amide bonds. The highest BCUT2D eigenvalue weighted by atomic mass is 32.2. The molecule has 3 aromatic rings. The summed E-state index contributed by atoms with van der Waals surface area (Å²) in [7, 11) is -1.90. The fourth-order valence-electron chi connectivity index (χ4n) is 2.91. The Bertz CT molecular complexity index is 1110. The normalized spacial score (nSPS) is 11.6. The zero-order valence-electron chi connectivity index (χ0n) is 16.6. The monoisotopic (exact) mass is 432 g/mol. The van der Waals surface area contributed by atoms with Crippen molar-refractivity contribution in [1.82, 2.24) is 5.32 Å². The molecule has 0 spiro atoms. The molecule has 154 valence electrons. The predicted octanol–water partition coefficient (Wildman–Crippen LogP) is 3.55. The van der Waals surface area contributed by atoms with E-state index in [1.807, 2.05) is 43.3 Å². The van der Waals surface area contributed by atoms with E-state index in [1.54, 1.807) is 19.2 Å². The molecule has 2 aromatic carbocycles. The van der Waals surface area contributed by atoms with E-state index in [-0.39, 0.29) is 12.5 Å². The van der Waals surface area contributed by atoms with Crippen LogP contribution in [0.25, 0.3) is 10.1 Å². The lowest BCUT2D eigenvalue weighted by Crippen LogP contribution is -2.29. The molecule has 3 rings (SSSR count). The van der Waals surface area contributed by atoms with Gasteiger partial charge in [-0.05, 0) is 42.1 Å². The second-order valence-electron chi connectivity index (χ2n) is 6.84. The third kappa shape index (κ3) is 5.35. The van der Waals surface area contributed by atoms with Crippen LogP contribution in [0.4, 0.5) is 5.69 Å². The van der Waals surface area contributed by atoms with Crippen molar-refractivity contribution in [2.45, 2.75) is 13.5 Å². The van der Waals surface area contributed by atoms with Gasteiger partial charge in [0.05, 0.1) is 30.0 Å². The third-order valence-electron chi connectivity index (χ3n) is 4.45. The van der Waals surface area contributed by atoms with Gasteiger partial charge >= 0.3 is 0 Å². The van der Waals surface area contributed by atoms with Crippen molar-refractivity contribution >= 4 is 43.0 Å². The number of nitrogens with zero attached hydrogens (tertiary/aromatic N) is 1. The summed E-state index contributed by atoms with van der Waals surface area (Å²) in [6, 6.07) is 15.0. The summed E-state index contributed by atoms with van der Waals surface area (Å²) in [6.45, 7) is 3.13. The number of thiophene rings is 1. The van der Waals surface area contributed by atoms with Crippen LogP contribution in [0, 0.1) is 6.92 Å². The molecule has 0 atom stereocenters. The van der Waals surface area contributed by atoms with Crippen LogP contribution in [0.5, 0.6) is 0 Å². The molecule has 0 aliphatic carbocycles. The smallest absolute Gasteiger partial charge is 0.261 e. The van der Waals surface area contributed by atoms with E-state index in [0.717, 1.165) is 21.2 Å². The van der Waals surface area contributed by atoms with Gasteiger partial charge in [0.1, 0.15) is 0 Å². The second kappa shape index (κ2) is 8.94. The van der Waals surface area contributed by atoms with Gasteiger partial charge in [-0.1, -0.05) is 29.8 Å². The van der Waals surface area contributed by atoms with Crippen LogP contribution in [0.15, 0.2) is 48.5 Å². The molecule has 1 aromatic heterocycles. The minimum absolute atomic E-state index is 0.163. The van der Waals surface area contributed by atoms with Gasteiger partial charge in [-0.15, -0.1) is 11.3 Å². The van der Waals surface area contributed by atoms with Gasteiger partial charge < -0.3 is 10.1 Å². The quantitative estimate of drug-likeness (QED) is 0.553. The summed E-state index contributed by atoms with van der Waals surface area (Å²) < 4.78 is 32.2. The zero-order valence-corrected chi connectivity index (χ0v) is 18.3. The maximum absolute atomic E-state index is 12.5. The predicted molar refractivity (Wildman–Crippen MR) is 118 cm³/mol. The Morgan fingerprint density at radius 3 is 2.52 bits per heavy atom. The van der Waals surface area contributed by atoms with Gasteiger partial charge in [0.25, 0.3) is 5.91 Å². The number of benzene rings is 2. The SMILES string of the molecule is COCCNC(=O)c1cc2cc(N(Cc3ccc(C)cc3)S(C)(=O)=O)ccc2s1. The largest absolute Gasteiger partial charge is 0.383 e. The number of fused-ring (bicyclic) bond motifs is 1. The summed E-state index contributed by atoms with van der Waals surface area (Å²) in [5, 5.41) is 3.63. The van der Waals surface area contributed by atoms with Crippen molar-refractivity contribution in [1.29, 1.82) is 0 Å². The number of ether oxygens (including phenoxy) is 1. The molecule has 0 fully saturated rings. The molecule has 8 heteroatoms. The van der Waals surface area contributed by atoms with Crippen molar-refractivity contribution < 1.29 is 17.9 Å². The van der Waals surface area contributed by atoms with Crippen LogP contribution in [-0.2, 0) is 21.3 Å². The lowest BCUT2D eigenvalue weighted by molar-refractivity contribution is 0.0941. The molecule has 0 saturated heterocycles. The van der Waals surface area contributed by atoms with Gasteiger partial charge in [-0.25, -0.2) is 8.42 Å². The molecule has 0 aliphatic rings. The Labute approximate surface area is 175 Å². The first-order valence-electron chi connectivity index (χ1n) is 9.12. The molecule has 29 heavy (non-hydrogen) atoms. The summed E-state index contributed by atoms with van der Waals surface area (Å²) in [4.78, 5) is 12.9. The van der Waals surface area contributed by atoms with Crippen LogP contribution in [0.2, 0.25) is 0 Å². The topological polar surface area (TPSA) is 75.7 Å². The Morgan fingerprint density at radius 2 is 1.86 bits per heavy atom. The Balaban J connectivity index is 1.89. The van der Waals surface area contributed by atoms with E-state index < -0.39 is 10.0 Å². The molecule has 0 radical (unpaired) electrons. The number of amides is 1. The lowest BCUT2D eigenvalue weighted by atomic mass is 10.1. The van der Waals surface area contributed by atoms with E-state index in [0.29, 0.717) is 23.7 Å². The van der Waals surface area contributed by atoms with E-state index in [4.69, 9.17) is 4.74 Å². The molecule has 0 bridgehead atoms. The number of hydrogen-bond acceptors (Lipinski definition) is 5. The zero-order chi connectivity index (χ0) is 21.0. The van der Waals surface area contributed by atoms with Crippen LogP contribution < -0.4 is 9.62 Å². The van der Waals surface area contributed by atoms with Gasteiger partial charge in [0.15, 0.2) is 0 Å². The van der Waals surface area contributed by atoms with Crippen molar-refractivity contribution in [3.8, 4) is 0 Å². The minimum Gasteiger partial charge on any atom is -0.383 e. The van der Waals surface area contributed by atoms with Crippen LogP contribution in [-0.4, -0.2) is 40.8 Å². The highest BCUT2D eigenvalue weighted by Gasteiger charge is 2.19. The van der Waals surface area contributed by atoms with Crippen molar-refractivity contribution in [3.63, 3.8) is 0 Å². The average Bonchev–Trinajstić information content (AvgIpc) is 3.10. The second-order valence-corrected chi connectivity index (χ2v) is 9.83. The van der Waals surface area contributed by atoms with Gasteiger partial charge in [0, 0.05) is 18.4 Å². The Hall–Kier alpha value is -2.42. The van der Waals surface area contributed by atoms with Gasteiger partial charge in [0.2, 0.25) is 10.0 Å². The number of sulfonamides is 1. The molecule has 6 nitrogen and oxygen atoms in total. The molecule has 0 saturated carbocycles. The van der Waals surface area contributed by atoms with Crippen LogP contribution in [0.1, 0.15) is 20.8 Å². The first-order chi connectivity index (χ1) is 13.8. The third-order valence-corrected chi connectivity index (χ3v) is 6.71. The number of nitrogens with one attached hydrogen (secondary N) is 1. The van der Waals surface area contributed by atoms with Gasteiger partial charge in [-0.3, -0.25) is 9.10 Å². The number of hydrogen-bond donors (Lipinski definition) is 1. The highest BCUT2D eigenvalue weighted by molar-refractivity contribution is 7.92. The fraction of sp³-hybridized carbons (Fsp3) is 0.286. The standard InChI is InChI=1S/C21H24N2O4S2/c1-15-4-6-16(7-5-15)14-23(29(3,25)26)18-8-9-19-17(12-18)13-20(28-19)21(24)22-10-11-27-2/h4-9,12-13H,10-11,14H2,1-3H3,(H,22,24). The van der Waals surface area contributed by atoms with E-state index >= 15 is 0 Å². The lowest BCUT2D eigenvalue weighted by Gasteiger charge is -2.22. The number of aryl methyl sites for hydroxylation is 1. The molecule has 1 heterocycles. The van der Waals surface area contributed by atoms with E-state index in [9.17, 15) is 13.2 Å². The van der Waals surface area contributed by atoms with Crippen LogP contribution >= 0.6 is 11.3 Å². The molecule has 0 unspecified atom stereocenters. The first-order valence-corrected chi connectivity index (χ1v) is 11.8. The van der Waals surface area contributed by atoms with E-state index in [2.05, 4.69) is 5.32 Å². The molecule has 1 N–H and O–H groups in total. The summed E-state index contributed by atoms with van der Waals surface area (Å²) >= 11 is 1.38. The van der Waals surface area contributed by atoms with Gasteiger partial charge in [-0.2, -0.15) is 0 Å². The highest BCUT2D eigenvalue weighted by Crippen LogP contribution is 2.31. The fourth-order valence-corrected chi connectivity index (χ4v) is 4.75. The Kier molecular flexibility index (Phi) is 6.56. The first kappa shape index (κ1) is 21.3. The Morgan fingerprint density at radius 1 is 1.14 bits per heavy atom.